The number of carbonyl (C=O) groups excluding carboxylic acids is 1. The largest absolute Gasteiger partial charge is 0.272 e. The Balaban J connectivity index is 1.94. The molecule has 0 saturated heterocycles. The van der Waals surface area contributed by atoms with Crippen LogP contribution in [-0.2, 0) is 5.41 Å². The smallest absolute Gasteiger partial charge is 0.261 e. The van der Waals surface area contributed by atoms with Crippen molar-refractivity contribution in [2.24, 2.45) is 4.99 Å². The lowest BCUT2D eigenvalue weighted by Gasteiger charge is -2.29. The van der Waals surface area contributed by atoms with E-state index in [1.165, 1.54) is 5.56 Å². The minimum atomic E-state index is -0.755. The highest BCUT2D eigenvalue weighted by Crippen LogP contribution is 2.30. The van der Waals surface area contributed by atoms with E-state index < -0.39 is 5.66 Å². The lowest BCUT2D eigenvalue weighted by molar-refractivity contribution is 0.0758. The molecular formula is C22H23ClN2OS. The van der Waals surface area contributed by atoms with E-state index in [0.717, 1.165) is 5.56 Å². The molecule has 2 aromatic carbocycles. The highest BCUT2D eigenvalue weighted by atomic mass is 35.5. The summed E-state index contributed by atoms with van der Waals surface area (Å²) in [5.41, 5.74) is 2.64. The van der Waals surface area contributed by atoms with Crippen molar-refractivity contribution in [3.63, 3.8) is 0 Å². The Morgan fingerprint density at radius 1 is 1.11 bits per heavy atom. The SMILES string of the molecule is CC(C)(C)c1ccc(C2=NC(C)(C)N(C(=O)c3cccc(Cl)c3)C2=S)cc1. The fraction of sp³-hybridized carbons (Fsp3) is 0.318. The summed E-state index contributed by atoms with van der Waals surface area (Å²) in [6, 6.07) is 15.1. The molecule has 0 N–H and O–H groups in total. The molecule has 0 aromatic heterocycles. The third-order valence-corrected chi connectivity index (χ3v) is 5.25. The lowest BCUT2D eigenvalue weighted by atomic mass is 9.86. The molecule has 0 spiro atoms. The van der Waals surface area contributed by atoms with Crippen LogP contribution in [0, 0.1) is 0 Å². The van der Waals surface area contributed by atoms with Crippen molar-refractivity contribution in [3.8, 4) is 0 Å². The molecule has 140 valence electrons. The van der Waals surface area contributed by atoms with Gasteiger partial charge in [0.05, 0.1) is 0 Å². The summed E-state index contributed by atoms with van der Waals surface area (Å²) in [6.45, 7) is 10.3. The van der Waals surface area contributed by atoms with Crippen molar-refractivity contribution in [1.82, 2.24) is 4.90 Å². The topological polar surface area (TPSA) is 32.7 Å². The number of thiocarbonyl (C=S) groups is 1. The molecule has 0 saturated carbocycles. The van der Waals surface area contributed by atoms with Crippen LogP contribution in [0.1, 0.15) is 56.1 Å². The molecule has 0 aliphatic carbocycles. The average molecular weight is 399 g/mol. The summed E-state index contributed by atoms with van der Waals surface area (Å²) < 4.78 is 0. The number of amides is 1. The summed E-state index contributed by atoms with van der Waals surface area (Å²) in [5, 5.41) is 0.516. The van der Waals surface area contributed by atoms with Crippen LogP contribution in [0.2, 0.25) is 5.02 Å². The van der Waals surface area contributed by atoms with Gasteiger partial charge in [0, 0.05) is 16.1 Å². The van der Waals surface area contributed by atoms with Gasteiger partial charge in [-0.1, -0.05) is 74.9 Å². The highest BCUT2D eigenvalue weighted by Gasteiger charge is 2.42. The Bertz CT molecular complexity index is 940. The number of carbonyl (C=O) groups is 1. The fourth-order valence-corrected chi connectivity index (χ4v) is 3.79. The van der Waals surface area contributed by atoms with E-state index in [1.807, 2.05) is 26.0 Å². The van der Waals surface area contributed by atoms with Crippen LogP contribution in [0.15, 0.2) is 53.5 Å². The number of hydrogen-bond donors (Lipinski definition) is 0. The fourth-order valence-electron chi connectivity index (χ4n) is 3.13. The molecule has 27 heavy (non-hydrogen) atoms. The van der Waals surface area contributed by atoms with E-state index in [4.69, 9.17) is 28.8 Å². The van der Waals surface area contributed by atoms with Crippen molar-refractivity contribution in [3.05, 3.63) is 70.2 Å². The molecular weight excluding hydrogens is 376 g/mol. The van der Waals surface area contributed by atoms with E-state index in [0.29, 0.717) is 21.3 Å². The third-order valence-electron chi connectivity index (χ3n) is 4.64. The Morgan fingerprint density at radius 2 is 1.74 bits per heavy atom. The molecule has 1 heterocycles. The van der Waals surface area contributed by atoms with Crippen molar-refractivity contribution in [1.29, 1.82) is 0 Å². The number of halogens is 1. The molecule has 1 amide bonds. The molecule has 3 rings (SSSR count). The van der Waals surface area contributed by atoms with Gasteiger partial charge in [0.2, 0.25) is 0 Å². The Kier molecular flexibility index (Phi) is 5.00. The van der Waals surface area contributed by atoms with E-state index >= 15 is 0 Å². The van der Waals surface area contributed by atoms with Crippen LogP contribution in [0.3, 0.4) is 0 Å². The number of rotatable bonds is 2. The zero-order valence-electron chi connectivity index (χ0n) is 16.2. The standard InChI is InChI=1S/C22H23ClN2OS/c1-21(2,3)16-11-9-14(10-12-16)18-20(27)25(22(4,5)24-18)19(26)15-7-6-8-17(23)13-15/h6-13H,1-5H3. The predicted octanol–water partition coefficient (Wildman–Crippen LogP) is 5.65. The highest BCUT2D eigenvalue weighted by molar-refractivity contribution is 7.82. The lowest BCUT2D eigenvalue weighted by Crippen LogP contribution is -2.46. The maximum absolute atomic E-state index is 13.1. The maximum Gasteiger partial charge on any atom is 0.261 e. The molecule has 3 nitrogen and oxygen atoms in total. The van der Waals surface area contributed by atoms with Crippen molar-refractivity contribution in [2.45, 2.75) is 45.7 Å². The molecule has 0 radical (unpaired) electrons. The van der Waals surface area contributed by atoms with Crippen LogP contribution < -0.4 is 0 Å². The van der Waals surface area contributed by atoms with Crippen LogP contribution in [0.25, 0.3) is 0 Å². The second kappa shape index (κ2) is 6.84. The van der Waals surface area contributed by atoms with Crippen LogP contribution >= 0.6 is 23.8 Å². The van der Waals surface area contributed by atoms with Crippen LogP contribution in [0.5, 0.6) is 0 Å². The summed E-state index contributed by atoms with van der Waals surface area (Å²) in [7, 11) is 0. The predicted molar refractivity (Wildman–Crippen MR) is 116 cm³/mol. The monoisotopic (exact) mass is 398 g/mol. The molecule has 1 aliphatic rings. The number of hydrogen-bond acceptors (Lipinski definition) is 3. The minimum absolute atomic E-state index is 0.0738. The van der Waals surface area contributed by atoms with Crippen molar-refractivity contribution < 1.29 is 4.79 Å². The zero-order chi connectivity index (χ0) is 20.0. The van der Waals surface area contributed by atoms with E-state index in [9.17, 15) is 4.79 Å². The van der Waals surface area contributed by atoms with Gasteiger partial charge >= 0.3 is 0 Å². The van der Waals surface area contributed by atoms with Gasteiger partial charge in [-0.3, -0.25) is 14.7 Å². The molecule has 0 bridgehead atoms. The normalized spacial score (nSPS) is 16.4. The second-order valence-electron chi connectivity index (χ2n) is 8.24. The molecule has 5 heteroatoms. The molecule has 0 fully saturated rings. The third kappa shape index (κ3) is 3.83. The summed E-state index contributed by atoms with van der Waals surface area (Å²) in [5.74, 6) is -0.197. The van der Waals surface area contributed by atoms with Gasteiger partial charge in [0.1, 0.15) is 16.4 Å². The summed E-state index contributed by atoms with van der Waals surface area (Å²) >= 11 is 11.7. The number of benzene rings is 2. The first-order chi connectivity index (χ1) is 12.5. The van der Waals surface area contributed by atoms with Crippen LogP contribution in [0.4, 0.5) is 0 Å². The van der Waals surface area contributed by atoms with Crippen molar-refractivity contribution >= 4 is 40.4 Å². The van der Waals surface area contributed by atoms with Gasteiger partial charge in [-0.15, -0.1) is 0 Å². The van der Waals surface area contributed by atoms with Gasteiger partial charge in [0.15, 0.2) is 0 Å². The van der Waals surface area contributed by atoms with Gasteiger partial charge in [-0.2, -0.15) is 0 Å². The first kappa shape index (κ1) is 19.7. The Labute approximate surface area is 171 Å². The van der Waals surface area contributed by atoms with Gasteiger partial charge in [0.25, 0.3) is 5.91 Å². The van der Waals surface area contributed by atoms with Gasteiger partial charge < -0.3 is 0 Å². The summed E-state index contributed by atoms with van der Waals surface area (Å²) in [6.07, 6.45) is 0. The van der Waals surface area contributed by atoms with E-state index in [2.05, 4.69) is 32.9 Å². The first-order valence-electron chi connectivity index (χ1n) is 8.86. The number of nitrogens with zero attached hydrogens (tertiary/aromatic N) is 2. The average Bonchev–Trinajstić information content (AvgIpc) is 2.83. The Morgan fingerprint density at radius 3 is 2.30 bits per heavy atom. The Hall–Kier alpha value is -2.04. The van der Waals surface area contributed by atoms with E-state index in [-0.39, 0.29) is 11.3 Å². The number of aliphatic imine (C=N–C) groups is 1. The maximum atomic E-state index is 13.1. The van der Waals surface area contributed by atoms with Crippen molar-refractivity contribution in [2.75, 3.05) is 0 Å². The first-order valence-corrected chi connectivity index (χ1v) is 9.64. The minimum Gasteiger partial charge on any atom is -0.272 e. The van der Waals surface area contributed by atoms with E-state index in [1.54, 1.807) is 29.2 Å². The zero-order valence-corrected chi connectivity index (χ0v) is 17.8. The van der Waals surface area contributed by atoms with Gasteiger partial charge in [-0.05, 0) is 43.0 Å². The van der Waals surface area contributed by atoms with Gasteiger partial charge in [-0.25, -0.2) is 0 Å². The van der Waals surface area contributed by atoms with Crippen LogP contribution in [-0.4, -0.2) is 27.2 Å². The molecule has 1 aliphatic heterocycles. The second-order valence-corrected chi connectivity index (χ2v) is 9.06. The summed E-state index contributed by atoms with van der Waals surface area (Å²) in [4.78, 5) is 19.9. The molecule has 0 atom stereocenters. The quantitative estimate of drug-likeness (QED) is 0.612. The molecule has 2 aromatic rings. The molecule has 0 unspecified atom stereocenters.